The van der Waals surface area contributed by atoms with E-state index in [9.17, 15) is 22.8 Å². The molecule has 21 heavy (non-hydrogen) atoms. The maximum atomic E-state index is 12.6. The molecule has 0 spiro atoms. The summed E-state index contributed by atoms with van der Waals surface area (Å²) in [4.78, 5) is 28.8. The highest BCUT2D eigenvalue weighted by atomic mass is 35.5. The fourth-order valence-corrected chi connectivity index (χ4v) is 1.61. The van der Waals surface area contributed by atoms with Crippen LogP contribution in [0.2, 0.25) is 5.15 Å². The number of alkyl halides is 3. The van der Waals surface area contributed by atoms with Crippen molar-refractivity contribution in [3.05, 3.63) is 29.0 Å². The van der Waals surface area contributed by atoms with E-state index < -0.39 is 31.1 Å². The molecule has 2 amide bonds. The molecule has 9 heteroatoms. The molecule has 0 aliphatic rings. The van der Waals surface area contributed by atoms with Crippen molar-refractivity contribution in [1.29, 1.82) is 0 Å². The van der Waals surface area contributed by atoms with E-state index in [0.717, 1.165) is 11.0 Å². The molecule has 0 fully saturated rings. The lowest BCUT2D eigenvalue weighted by Gasteiger charge is -2.24. The van der Waals surface area contributed by atoms with Crippen LogP contribution < -0.4 is 0 Å². The average molecular weight is 324 g/mol. The number of amides is 2. The van der Waals surface area contributed by atoms with Gasteiger partial charge in [-0.25, -0.2) is 4.98 Å². The second-order valence-electron chi connectivity index (χ2n) is 4.43. The first kappa shape index (κ1) is 17.2. The number of halogens is 4. The van der Waals surface area contributed by atoms with Gasteiger partial charge in [0, 0.05) is 25.9 Å². The third-order valence-corrected chi connectivity index (χ3v) is 2.66. The van der Waals surface area contributed by atoms with Crippen molar-refractivity contribution in [2.45, 2.75) is 6.18 Å². The zero-order valence-electron chi connectivity index (χ0n) is 11.3. The van der Waals surface area contributed by atoms with Crippen LogP contribution in [0, 0.1) is 0 Å². The van der Waals surface area contributed by atoms with Gasteiger partial charge in [0.25, 0.3) is 5.91 Å². The largest absolute Gasteiger partial charge is 0.406 e. The van der Waals surface area contributed by atoms with E-state index in [1.165, 1.54) is 26.4 Å². The second-order valence-corrected chi connectivity index (χ2v) is 4.82. The number of likely N-dealkylation sites (N-methyl/N-ethyl adjacent to an activating group) is 1. The topological polar surface area (TPSA) is 53.5 Å². The van der Waals surface area contributed by atoms with E-state index in [1.54, 1.807) is 0 Å². The zero-order valence-corrected chi connectivity index (χ0v) is 12.1. The molecule has 0 N–H and O–H groups in total. The molecule has 0 bridgehead atoms. The van der Waals surface area contributed by atoms with Crippen LogP contribution >= 0.6 is 11.6 Å². The monoisotopic (exact) mass is 323 g/mol. The Morgan fingerprint density at radius 1 is 1.33 bits per heavy atom. The van der Waals surface area contributed by atoms with E-state index in [-0.39, 0.29) is 10.7 Å². The van der Waals surface area contributed by atoms with Gasteiger partial charge >= 0.3 is 6.18 Å². The molecule has 1 aromatic heterocycles. The van der Waals surface area contributed by atoms with Gasteiger partial charge in [-0.1, -0.05) is 11.6 Å². The normalized spacial score (nSPS) is 11.1. The molecular weight excluding hydrogens is 311 g/mol. The Labute approximate surface area is 124 Å². The predicted octanol–water partition coefficient (Wildman–Crippen LogP) is 1.83. The lowest BCUT2D eigenvalue weighted by atomic mass is 10.2. The molecule has 116 valence electrons. The number of rotatable bonds is 4. The van der Waals surface area contributed by atoms with Crippen LogP contribution in [0.25, 0.3) is 0 Å². The highest BCUT2D eigenvalue weighted by Crippen LogP contribution is 2.19. The molecule has 0 aliphatic carbocycles. The fourth-order valence-electron chi connectivity index (χ4n) is 1.44. The summed E-state index contributed by atoms with van der Waals surface area (Å²) in [5.41, 5.74) is -0.0641. The molecule has 0 saturated carbocycles. The third-order valence-electron chi connectivity index (χ3n) is 2.46. The predicted molar refractivity (Wildman–Crippen MR) is 69.9 cm³/mol. The van der Waals surface area contributed by atoms with Gasteiger partial charge in [0.05, 0.1) is 0 Å². The minimum absolute atomic E-state index is 0.0215. The molecule has 5 nitrogen and oxygen atoms in total. The van der Waals surface area contributed by atoms with Gasteiger partial charge in [-0.3, -0.25) is 9.59 Å². The van der Waals surface area contributed by atoms with E-state index >= 15 is 0 Å². The average Bonchev–Trinajstić information content (AvgIpc) is 2.35. The number of aromatic nitrogens is 1. The SMILES string of the molecule is CN(C)C(=O)CN(CC(F)(F)F)C(=O)c1ccnc(Cl)c1. The minimum atomic E-state index is -4.61. The van der Waals surface area contributed by atoms with Crippen molar-refractivity contribution in [2.24, 2.45) is 0 Å². The van der Waals surface area contributed by atoms with Gasteiger partial charge in [0.1, 0.15) is 18.2 Å². The molecule has 1 rings (SSSR count). The molecule has 0 atom stereocenters. The maximum Gasteiger partial charge on any atom is 0.406 e. The lowest BCUT2D eigenvalue weighted by Crippen LogP contribution is -2.44. The van der Waals surface area contributed by atoms with Crippen LogP contribution in [0.4, 0.5) is 13.2 Å². The highest BCUT2D eigenvalue weighted by molar-refractivity contribution is 6.29. The minimum Gasteiger partial charge on any atom is -0.347 e. The summed E-state index contributed by atoms with van der Waals surface area (Å²) in [7, 11) is 2.78. The lowest BCUT2D eigenvalue weighted by molar-refractivity contribution is -0.146. The summed E-state index contributed by atoms with van der Waals surface area (Å²) in [5.74, 6) is -1.56. The van der Waals surface area contributed by atoms with Crippen molar-refractivity contribution < 1.29 is 22.8 Å². The number of pyridine rings is 1. The number of carbonyl (C=O) groups is 2. The smallest absolute Gasteiger partial charge is 0.347 e. The molecular formula is C12H13ClF3N3O2. The van der Waals surface area contributed by atoms with Crippen LogP contribution in [-0.4, -0.2) is 60.0 Å². The van der Waals surface area contributed by atoms with E-state index in [1.807, 2.05) is 0 Å². The summed E-state index contributed by atoms with van der Waals surface area (Å²) in [5, 5.41) is -0.0215. The van der Waals surface area contributed by atoms with E-state index in [2.05, 4.69) is 4.98 Å². The van der Waals surface area contributed by atoms with Gasteiger partial charge in [-0.05, 0) is 12.1 Å². The molecule has 0 aliphatic heterocycles. The van der Waals surface area contributed by atoms with Crippen LogP contribution in [0.3, 0.4) is 0 Å². The number of hydrogen-bond acceptors (Lipinski definition) is 3. The van der Waals surface area contributed by atoms with Crippen molar-refractivity contribution >= 4 is 23.4 Å². The van der Waals surface area contributed by atoms with E-state index in [4.69, 9.17) is 11.6 Å². The fraction of sp³-hybridized carbons (Fsp3) is 0.417. The molecule has 0 saturated heterocycles. The third kappa shape index (κ3) is 5.58. The first-order chi connectivity index (χ1) is 9.60. The summed E-state index contributed by atoms with van der Waals surface area (Å²) >= 11 is 5.60. The van der Waals surface area contributed by atoms with Crippen LogP contribution in [0.15, 0.2) is 18.3 Å². The number of nitrogens with zero attached hydrogens (tertiary/aromatic N) is 3. The van der Waals surface area contributed by atoms with E-state index in [0.29, 0.717) is 4.90 Å². The Bertz CT molecular complexity index is 535. The van der Waals surface area contributed by atoms with Gasteiger partial charge < -0.3 is 9.80 Å². The van der Waals surface area contributed by atoms with Gasteiger partial charge in [-0.15, -0.1) is 0 Å². The first-order valence-corrected chi connectivity index (χ1v) is 6.15. The van der Waals surface area contributed by atoms with Crippen molar-refractivity contribution in [3.63, 3.8) is 0 Å². The molecule has 1 aromatic rings. The Morgan fingerprint density at radius 3 is 2.43 bits per heavy atom. The first-order valence-electron chi connectivity index (χ1n) is 5.78. The van der Waals surface area contributed by atoms with Crippen LogP contribution in [0.1, 0.15) is 10.4 Å². The van der Waals surface area contributed by atoms with Gasteiger partial charge in [-0.2, -0.15) is 13.2 Å². The van der Waals surface area contributed by atoms with Crippen LogP contribution in [-0.2, 0) is 4.79 Å². The standard InChI is InChI=1S/C12H13ClF3N3O2/c1-18(2)10(20)6-19(7-12(14,15)16)11(21)8-3-4-17-9(13)5-8/h3-5H,6-7H2,1-2H3. The quantitative estimate of drug-likeness (QED) is 0.794. The molecule has 0 unspecified atom stereocenters. The molecule has 1 heterocycles. The summed E-state index contributed by atoms with van der Waals surface area (Å²) in [6.07, 6.45) is -3.41. The maximum absolute atomic E-state index is 12.6. The molecule has 0 aromatic carbocycles. The van der Waals surface area contributed by atoms with Crippen molar-refractivity contribution in [1.82, 2.24) is 14.8 Å². The molecule has 0 radical (unpaired) electrons. The Kier molecular flexibility index (Phi) is 5.54. The Hall–Kier alpha value is -1.83. The summed E-state index contributed by atoms with van der Waals surface area (Å²) in [6, 6.07) is 2.38. The highest BCUT2D eigenvalue weighted by Gasteiger charge is 2.34. The van der Waals surface area contributed by atoms with Crippen molar-refractivity contribution in [3.8, 4) is 0 Å². The number of hydrogen-bond donors (Lipinski definition) is 0. The number of carbonyl (C=O) groups excluding carboxylic acids is 2. The van der Waals surface area contributed by atoms with Crippen molar-refractivity contribution in [2.75, 3.05) is 27.2 Å². The second kappa shape index (κ2) is 6.75. The van der Waals surface area contributed by atoms with Gasteiger partial charge in [0.2, 0.25) is 5.91 Å². The summed E-state index contributed by atoms with van der Waals surface area (Å²) < 4.78 is 37.7. The Balaban J connectivity index is 3.00. The van der Waals surface area contributed by atoms with Crippen LogP contribution in [0.5, 0.6) is 0 Å². The summed E-state index contributed by atoms with van der Waals surface area (Å²) in [6.45, 7) is -2.20. The zero-order chi connectivity index (χ0) is 16.2. The van der Waals surface area contributed by atoms with Gasteiger partial charge in [0.15, 0.2) is 0 Å². The Morgan fingerprint density at radius 2 is 1.95 bits per heavy atom.